The van der Waals surface area contributed by atoms with Gasteiger partial charge in [-0.3, -0.25) is 9.10 Å². The van der Waals surface area contributed by atoms with E-state index in [0.717, 1.165) is 5.56 Å². The van der Waals surface area contributed by atoms with Crippen LogP contribution in [0.5, 0.6) is 0 Å². The van der Waals surface area contributed by atoms with Crippen molar-refractivity contribution < 1.29 is 17.9 Å². The van der Waals surface area contributed by atoms with Crippen molar-refractivity contribution in [3.8, 4) is 0 Å². The Morgan fingerprint density at radius 3 is 2.70 bits per heavy atom. The molecule has 3 rings (SSSR count). The molecule has 0 saturated carbocycles. The molecule has 2 aliphatic heterocycles. The van der Waals surface area contributed by atoms with Gasteiger partial charge in [0.2, 0.25) is 10.0 Å². The summed E-state index contributed by atoms with van der Waals surface area (Å²) < 4.78 is 30.8. The van der Waals surface area contributed by atoms with Crippen LogP contribution in [0, 0.1) is 0 Å². The molecule has 1 aromatic carbocycles. The Morgan fingerprint density at radius 1 is 1.30 bits per heavy atom. The first kappa shape index (κ1) is 16.3. The van der Waals surface area contributed by atoms with Gasteiger partial charge in [-0.25, -0.2) is 8.42 Å². The highest BCUT2D eigenvalue weighted by molar-refractivity contribution is 7.92. The van der Waals surface area contributed by atoms with E-state index in [9.17, 15) is 13.2 Å². The summed E-state index contributed by atoms with van der Waals surface area (Å²) in [6.07, 6.45) is 1.89. The number of ether oxygens (including phenoxy) is 1. The molecule has 6 nitrogen and oxygen atoms in total. The van der Waals surface area contributed by atoms with Crippen LogP contribution in [-0.4, -0.2) is 57.3 Å². The summed E-state index contributed by atoms with van der Waals surface area (Å²) in [6.45, 7) is 5.56. The van der Waals surface area contributed by atoms with E-state index in [2.05, 4.69) is 0 Å². The summed E-state index contributed by atoms with van der Waals surface area (Å²) >= 11 is 0. The zero-order chi connectivity index (χ0) is 16.8. The van der Waals surface area contributed by atoms with Gasteiger partial charge in [-0.1, -0.05) is 0 Å². The molecule has 0 spiro atoms. The fourth-order valence-electron chi connectivity index (χ4n) is 3.43. The number of rotatable bonds is 2. The Balaban J connectivity index is 1.88. The number of hydrogen-bond donors (Lipinski definition) is 0. The lowest BCUT2D eigenvalue weighted by molar-refractivity contribution is -0.0124. The minimum absolute atomic E-state index is 0.0200. The molecule has 0 unspecified atom stereocenters. The summed E-state index contributed by atoms with van der Waals surface area (Å²) in [4.78, 5) is 14.4. The minimum Gasteiger partial charge on any atom is -0.375 e. The van der Waals surface area contributed by atoms with Gasteiger partial charge in [-0.05, 0) is 44.0 Å². The molecular formula is C16H22N2O4S. The molecule has 0 radical (unpaired) electrons. The quantitative estimate of drug-likeness (QED) is 0.814. The average molecular weight is 338 g/mol. The molecule has 0 aromatic heterocycles. The second-order valence-electron chi connectivity index (χ2n) is 6.39. The van der Waals surface area contributed by atoms with Crippen LogP contribution in [-0.2, 0) is 21.2 Å². The number of sulfonamides is 1. The van der Waals surface area contributed by atoms with Crippen LogP contribution in [0.15, 0.2) is 18.2 Å². The summed E-state index contributed by atoms with van der Waals surface area (Å²) in [6, 6.07) is 5.18. The van der Waals surface area contributed by atoms with Crippen molar-refractivity contribution in [2.45, 2.75) is 32.4 Å². The zero-order valence-corrected chi connectivity index (χ0v) is 14.5. The Hall–Kier alpha value is -1.60. The molecule has 7 heteroatoms. The Kier molecular flexibility index (Phi) is 4.10. The number of anilines is 1. The van der Waals surface area contributed by atoms with Gasteiger partial charge in [-0.15, -0.1) is 0 Å². The van der Waals surface area contributed by atoms with Crippen molar-refractivity contribution in [3.05, 3.63) is 29.3 Å². The van der Waals surface area contributed by atoms with Crippen LogP contribution in [0.1, 0.15) is 29.8 Å². The van der Waals surface area contributed by atoms with Crippen molar-refractivity contribution in [2.24, 2.45) is 0 Å². The number of nitrogens with zero attached hydrogens (tertiary/aromatic N) is 2. The monoisotopic (exact) mass is 338 g/mol. The third-order valence-corrected chi connectivity index (χ3v) is 5.64. The lowest BCUT2D eigenvalue weighted by Gasteiger charge is -2.31. The molecule has 0 aliphatic carbocycles. The Bertz CT molecular complexity index is 732. The summed E-state index contributed by atoms with van der Waals surface area (Å²) in [5, 5.41) is 0. The largest absolute Gasteiger partial charge is 0.375 e. The standard InChI is InChI=1S/C16H22N2O4S/c1-11-8-14-9-13(4-5-15(14)18(11)23(3,20)21)16(19)17-6-7-22-12(2)10-17/h4-5,9,11-12H,6-8,10H2,1-3H3/t11-,12+/m0/s1. The summed E-state index contributed by atoms with van der Waals surface area (Å²) in [7, 11) is -3.30. The van der Waals surface area contributed by atoms with Crippen molar-refractivity contribution in [1.29, 1.82) is 0 Å². The average Bonchev–Trinajstić information content (AvgIpc) is 2.81. The fourth-order valence-corrected chi connectivity index (χ4v) is 4.69. The van der Waals surface area contributed by atoms with Crippen LogP contribution in [0.2, 0.25) is 0 Å². The minimum atomic E-state index is -3.30. The van der Waals surface area contributed by atoms with Gasteiger partial charge in [0.25, 0.3) is 5.91 Å². The third-order valence-electron chi connectivity index (χ3n) is 4.37. The van der Waals surface area contributed by atoms with Gasteiger partial charge in [0.05, 0.1) is 24.7 Å². The highest BCUT2D eigenvalue weighted by Crippen LogP contribution is 2.35. The van der Waals surface area contributed by atoms with Gasteiger partial charge < -0.3 is 9.64 Å². The highest BCUT2D eigenvalue weighted by atomic mass is 32.2. The van der Waals surface area contributed by atoms with Gasteiger partial charge in [-0.2, -0.15) is 0 Å². The van der Waals surface area contributed by atoms with Gasteiger partial charge >= 0.3 is 0 Å². The fraction of sp³-hybridized carbons (Fsp3) is 0.562. The molecule has 1 amide bonds. The normalized spacial score (nSPS) is 24.7. The predicted molar refractivity (Wildman–Crippen MR) is 88.2 cm³/mol. The molecule has 126 valence electrons. The molecule has 1 aromatic rings. The first-order valence-electron chi connectivity index (χ1n) is 7.80. The maximum absolute atomic E-state index is 12.6. The van der Waals surface area contributed by atoms with E-state index < -0.39 is 10.0 Å². The molecule has 23 heavy (non-hydrogen) atoms. The van der Waals surface area contributed by atoms with Gasteiger partial charge in [0.1, 0.15) is 0 Å². The van der Waals surface area contributed by atoms with Crippen molar-refractivity contribution in [1.82, 2.24) is 4.90 Å². The SMILES string of the molecule is C[C@@H]1CN(C(=O)c2ccc3c(c2)C[C@H](C)N3S(C)(=O)=O)CCO1. The first-order chi connectivity index (χ1) is 10.8. The number of hydrogen-bond acceptors (Lipinski definition) is 4. The van der Waals surface area contributed by atoms with E-state index in [1.54, 1.807) is 17.0 Å². The second-order valence-corrected chi connectivity index (χ2v) is 8.25. The molecule has 1 fully saturated rings. The molecule has 1 saturated heterocycles. The third kappa shape index (κ3) is 3.07. The number of amides is 1. The lowest BCUT2D eigenvalue weighted by Crippen LogP contribution is -2.44. The lowest BCUT2D eigenvalue weighted by atomic mass is 10.1. The summed E-state index contributed by atoms with van der Waals surface area (Å²) in [5.41, 5.74) is 2.21. The molecule has 2 atom stereocenters. The molecule has 0 bridgehead atoms. The highest BCUT2D eigenvalue weighted by Gasteiger charge is 2.33. The number of morpholine rings is 1. The van der Waals surface area contributed by atoms with Gasteiger partial charge in [0, 0.05) is 24.7 Å². The van der Waals surface area contributed by atoms with E-state index in [1.807, 2.05) is 19.9 Å². The number of fused-ring (bicyclic) bond motifs is 1. The number of benzene rings is 1. The zero-order valence-electron chi connectivity index (χ0n) is 13.7. The van der Waals surface area contributed by atoms with Crippen LogP contribution in [0.25, 0.3) is 0 Å². The van der Waals surface area contributed by atoms with E-state index in [0.29, 0.717) is 37.4 Å². The number of carbonyl (C=O) groups is 1. The van der Waals surface area contributed by atoms with E-state index >= 15 is 0 Å². The van der Waals surface area contributed by atoms with Crippen LogP contribution < -0.4 is 4.31 Å². The summed E-state index contributed by atoms with van der Waals surface area (Å²) in [5.74, 6) is -0.0200. The smallest absolute Gasteiger partial charge is 0.254 e. The topological polar surface area (TPSA) is 66.9 Å². The molecule has 2 aliphatic rings. The maximum atomic E-state index is 12.6. The second kappa shape index (κ2) is 5.79. The molecule has 2 heterocycles. The van der Waals surface area contributed by atoms with E-state index in [4.69, 9.17) is 4.74 Å². The maximum Gasteiger partial charge on any atom is 0.254 e. The molecule has 0 N–H and O–H groups in total. The van der Waals surface area contributed by atoms with Crippen LogP contribution in [0.4, 0.5) is 5.69 Å². The van der Waals surface area contributed by atoms with Crippen molar-refractivity contribution in [2.75, 3.05) is 30.3 Å². The van der Waals surface area contributed by atoms with Crippen molar-refractivity contribution in [3.63, 3.8) is 0 Å². The Morgan fingerprint density at radius 2 is 2.04 bits per heavy atom. The van der Waals surface area contributed by atoms with Crippen LogP contribution >= 0.6 is 0 Å². The van der Waals surface area contributed by atoms with E-state index in [-0.39, 0.29) is 18.1 Å². The molecular weight excluding hydrogens is 316 g/mol. The first-order valence-corrected chi connectivity index (χ1v) is 9.65. The van der Waals surface area contributed by atoms with E-state index in [1.165, 1.54) is 10.6 Å². The number of carbonyl (C=O) groups excluding carboxylic acids is 1. The van der Waals surface area contributed by atoms with Crippen LogP contribution in [0.3, 0.4) is 0 Å². The van der Waals surface area contributed by atoms with Gasteiger partial charge in [0.15, 0.2) is 0 Å². The van der Waals surface area contributed by atoms with Crippen molar-refractivity contribution >= 4 is 21.6 Å². The predicted octanol–water partition coefficient (Wildman–Crippen LogP) is 1.26. The Labute approximate surface area is 137 Å².